The van der Waals surface area contributed by atoms with Crippen LogP contribution in [0.15, 0.2) is 12.3 Å². The van der Waals surface area contributed by atoms with Crippen LogP contribution in [-0.4, -0.2) is 9.49 Å². The highest BCUT2D eigenvalue weighted by Crippen LogP contribution is 2.15. The number of aryl methyl sites for hydroxylation is 2. The lowest BCUT2D eigenvalue weighted by Gasteiger charge is -1.97. The molecule has 0 aliphatic carbocycles. The van der Waals surface area contributed by atoms with Crippen molar-refractivity contribution >= 4 is 5.69 Å². The van der Waals surface area contributed by atoms with Gasteiger partial charge in [0, 0.05) is 18.8 Å². The minimum absolute atomic E-state index is 0.181. The van der Waals surface area contributed by atoms with Crippen molar-refractivity contribution in [2.75, 3.05) is 0 Å². The first kappa shape index (κ1) is 8.77. The van der Waals surface area contributed by atoms with Crippen LogP contribution in [0.4, 0.5) is 5.69 Å². The molecule has 0 fully saturated rings. The minimum atomic E-state index is -0.362. The van der Waals surface area contributed by atoms with Gasteiger partial charge in [-0.3, -0.25) is 10.1 Å². The third-order valence-electron chi connectivity index (χ3n) is 1.81. The molecule has 4 nitrogen and oxygen atoms in total. The molecule has 0 N–H and O–H groups in total. The summed E-state index contributed by atoms with van der Waals surface area (Å²) in [4.78, 5) is 10.0. The van der Waals surface area contributed by atoms with Gasteiger partial charge in [-0.1, -0.05) is 13.3 Å². The van der Waals surface area contributed by atoms with E-state index in [9.17, 15) is 10.1 Å². The van der Waals surface area contributed by atoms with Gasteiger partial charge in [0.15, 0.2) is 0 Å². The van der Waals surface area contributed by atoms with Gasteiger partial charge < -0.3 is 4.57 Å². The Morgan fingerprint density at radius 3 is 2.75 bits per heavy atom. The van der Waals surface area contributed by atoms with E-state index in [1.165, 1.54) is 0 Å². The van der Waals surface area contributed by atoms with Crippen LogP contribution in [0, 0.1) is 10.1 Å². The standard InChI is InChI=1S/C8H12N2O2/c1-3-4-7-5-8(10(11)12)6-9(7)2/h5-6H,3-4H2,1-2H3. The molecule has 1 aromatic rings. The molecule has 4 heteroatoms. The highest BCUT2D eigenvalue weighted by Gasteiger charge is 2.10. The van der Waals surface area contributed by atoms with Gasteiger partial charge in [-0.25, -0.2) is 0 Å². The first-order valence-corrected chi connectivity index (χ1v) is 3.94. The van der Waals surface area contributed by atoms with Gasteiger partial charge in [0.05, 0.1) is 11.1 Å². The van der Waals surface area contributed by atoms with Crippen molar-refractivity contribution in [2.24, 2.45) is 7.05 Å². The molecule has 1 heterocycles. The van der Waals surface area contributed by atoms with Crippen LogP contribution in [0.2, 0.25) is 0 Å². The molecule has 0 bridgehead atoms. The molecule has 0 aliphatic heterocycles. The number of hydrogen-bond donors (Lipinski definition) is 0. The van der Waals surface area contributed by atoms with E-state index in [0.29, 0.717) is 0 Å². The molecule has 66 valence electrons. The minimum Gasteiger partial charge on any atom is -0.348 e. The molecule has 0 atom stereocenters. The molecular weight excluding hydrogens is 156 g/mol. The van der Waals surface area contributed by atoms with Crippen LogP contribution in [0.1, 0.15) is 19.0 Å². The SMILES string of the molecule is CCCc1cc([N+](=O)[O-])cn1C. The maximum atomic E-state index is 10.4. The molecule has 0 radical (unpaired) electrons. The summed E-state index contributed by atoms with van der Waals surface area (Å²) in [5.74, 6) is 0. The van der Waals surface area contributed by atoms with Crippen LogP contribution >= 0.6 is 0 Å². The number of hydrogen-bond acceptors (Lipinski definition) is 2. The van der Waals surface area contributed by atoms with Crippen molar-refractivity contribution in [2.45, 2.75) is 19.8 Å². The van der Waals surface area contributed by atoms with Crippen molar-refractivity contribution in [1.82, 2.24) is 4.57 Å². The molecular formula is C8H12N2O2. The third-order valence-corrected chi connectivity index (χ3v) is 1.81. The van der Waals surface area contributed by atoms with Crippen LogP contribution in [-0.2, 0) is 13.5 Å². The fraction of sp³-hybridized carbons (Fsp3) is 0.500. The third kappa shape index (κ3) is 1.64. The summed E-state index contributed by atoms with van der Waals surface area (Å²) < 4.78 is 1.81. The maximum Gasteiger partial charge on any atom is 0.287 e. The summed E-state index contributed by atoms with van der Waals surface area (Å²) in [7, 11) is 1.83. The molecule has 0 aromatic carbocycles. The van der Waals surface area contributed by atoms with Gasteiger partial charge in [0.1, 0.15) is 0 Å². The molecule has 12 heavy (non-hydrogen) atoms. The Kier molecular flexibility index (Phi) is 2.47. The highest BCUT2D eigenvalue weighted by atomic mass is 16.6. The fourth-order valence-corrected chi connectivity index (χ4v) is 1.20. The summed E-state index contributed by atoms with van der Waals surface area (Å²) in [6.07, 6.45) is 3.45. The Balaban J connectivity index is 2.92. The number of nitrogens with zero attached hydrogens (tertiary/aromatic N) is 2. The van der Waals surface area contributed by atoms with Crippen molar-refractivity contribution < 1.29 is 4.92 Å². The normalized spacial score (nSPS) is 10.2. The first-order valence-electron chi connectivity index (χ1n) is 3.94. The van der Waals surface area contributed by atoms with Crippen LogP contribution in [0.25, 0.3) is 0 Å². The second-order valence-electron chi connectivity index (χ2n) is 2.81. The van der Waals surface area contributed by atoms with Gasteiger partial charge in [0.25, 0.3) is 5.69 Å². The topological polar surface area (TPSA) is 48.1 Å². The largest absolute Gasteiger partial charge is 0.348 e. The molecule has 0 spiro atoms. The summed E-state index contributed by atoms with van der Waals surface area (Å²) in [6.45, 7) is 2.05. The molecule has 0 aliphatic rings. The molecule has 1 rings (SSSR count). The quantitative estimate of drug-likeness (QED) is 0.511. The Morgan fingerprint density at radius 2 is 2.33 bits per heavy atom. The van der Waals surface area contributed by atoms with Crippen LogP contribution < -0.4 is 0 Å². The monoisotopic (exact) mass is 168 g/mol. The van der Waals surface area contributed by atoms with Gasteiger partial charge in [-0.15, -0.1) is 0 Å². The van der Waals surface area contributed by atoms with E-state index in [2.05, 4.69) is 6.92 Å². The van der Waals surface area contributed by atoms with Crippen LogP contribution in [0.3, 0.4) is 0 Å². The molecule has 0 saturated heterocycles. The Hall–Kier alpha value is -1.32. The van der Waals surface area contributed by atoms with Crippen molar-refractivity contribution in [3.05, 3.63) is 28.1 Å². The summed E-state index contributed by atoms with van der Waals surface area (Å²) >= 11 is 0. The lowest BCUT2D eigenvalue weighted by atomic mass is 10.2. The van der Waals surface area contributed by atoms with E-state index in [1.54, 1.807) is 12.3 Å². The smallest absolute Gasteiger partial charge is 0.287 e. The van der Waals surface area contributed by atoms with E-state index < -0.39 is 0 Å². The average molecular weight is 168 g/mol. The van der Waals surface area contributed by atoms with E-state index in [4.69, 9.17) is 0 Å². The predicted molar refractivity (Wildman–Crippen MR) is 46.1 cm³/mol. The average Bonchev–Trinajstić information content (AvgIpc) is 2.34. The number of nitro groups is 1. The summed E-state index contributed by atoms with van der Waals surface area (Å²) in [5, 5.41) is 10.4. The molecule has 0 saturated carbocycles. The molecule has 1 aromatic heterocycles. The first-order chi connectivity index (χ1) is 5.65. The second kappa shape index (κ2) is 3.38. The zero-order chi connectivity index (χ0) is 9.14. The zero-order valence-corrected chi connectivity index (χ0v) is 7.28. The Bertz CT molecular complexity index is 291. The van der Waals surface area contributed by atoms with E-state index >= 15 is 0 Å². The second-order valence-corrected chi connectivity index (χ2v) is 2.81. The Morgan fingerprint density at radius 1 is 1.67 bits per heavy atom. The fourth-order valence-electron chi connectivity index (χ4n) is 1.20. The molecule has 0 unspecified atom stereocenters. The van der Waals surface area contributed by atoms with Crippen molar-refractivity contribution in [1.29, 1.82) is 0 Å². The summed E-state index contributed by atoms with van der Waals surface area (Å²) in [6, 6.07) is 1.63. The molecule has 0 amide bonds. The van der Waals surface area contributed by atoms with Gasteiger partial charge in [0.2, 0.25) is 0 Å². The lowest BCUT2D eigenvalue weighted by Crippen LogP contribution is -1.92. The number of aromatic nitrogens is 1. The van der Waals surface area contributed by atoms with Crippen LogP contribution in [0.5, 0.6) is 0 Å². The number of rotatable bonds is 3. The van der Waals surface area contributed by atoms with E-state index in [1.807, 2.05) is 11.6 Å². The maximum absolute atomic E-state index is 10.4. The van der Waals surface area contributed by atoms with Crippen molar-refractivity contribution in [3.8, 4) is 0 Å². The van der Waals surface area contributed by atoms with Gasteiger partial charge in [-0.2, -0.15) is 0 Å². The summed E-state index contributed by atoms with van der Waals surface area (Å²) in [5.41, 5.74) is 1.20. The predicted octanol–water partition coefficient (Wildman–Crippen LogP) is 1.89. The Labute approximate surface area is 71.0 Å². The van der Waals surface area contributed by atoms with E-state index in [-0.39, 0.29) is 10.6 Å². The zero-order valence-electron chi connectivity index (χ0n) is 7.28. The highest BCUT2D eigenvalue weighted by molar-refractivity contribution is 5.31. The lowest BCUT2D eigenvalue weighted by molar-refractivity contribution is -0.384. The van der Waals surface area contributed by atoms with E-state index in [0.717, 1.165) is 18.5 Å². The van der Waals surface area contributed by atoms with Crippen molar-refractivity contribution in [3.63, 3.8) is 0 Å². The van der Waals surface area contributed by atoms with Gasteiger partial charge >= 0.3 is 0 Å². The van der Waals surface area contributed by atoms with Gasteiger partial charge in [-0.05, 0) is 6.42 Å².